The number of carbonyl (C=O) groups is 2. The van der Waals surface area contributed by atoms with Crippen molar-refractivity contribution in [3.63, 3.8) is 0 Å². The van der Waals surface area contributed by atoms with Crippen LogP contribution in [-0.4, -0.2) is 42.8 Å². The third-order valence-electron chi connectivity index (χ3n) is 4.24. The summed E-state index contributed by atoms with van der Waals surface area (Å²) in [5.41, 5.74) is -0.426. The van der Waals surface area contributed by atoms with Gasteiger partial charge in [0.25, 0.3) is 0 Å². The molecular formula is C18H24ClNO4. The fraction of sp³-hybridized carbons (Fsp3) is 0.556. The highest BCUT2D eigenvalue weighted by Gasteiger charge is 2.45. The van der Waals surface area contributed by atoms with E-state index in [2.05, 4.69) is 0 Å². The molecule has 1 heterocycles. The molecule has 1 aliphatic rings. The minimum absolute atomic E-state index is 0.284. The zero-order valence-electron chi connectivity index (χ0n) is 14.6. The summed E-state index contributed by atoms with van der Waals surface area (Å²) in [7, 11) is 1.39. The molecule has 1 aromatic carbocycles. The lowest BCUT2D eigenvalue weighted by atomic mass is 9.73. The Balaban J connectivity index is 2.18. The van der Waals surface area contributed by atoms with Crippen molar-refractivity contribution in [2.24, 2.45) is 0 Å². The van der Waals surface area contributed by atoms with E-state index in [1.165, 1.54) is 7.11 Å². The van der Waals surface area contributed by atoms with E-state index in [1.807, 2.05) is 32.9 Å². The second-order valence-corrected chi connectivity index (χ2v) is 7.48. The smallest absolute Gasteiger partial charge is 0.410 e. The Morgan fingerprint density at radius 1 is 1.12 bits per heavy atom. The van der Waals surface area contributed by atoms with Crippen molar-refractivity contribution in [2.45, 2.75) is 44.6 Å². The van der Waals surface area contributed by atoms with Crippen LogP contribution in [0.4, 0.5) is 4.79 Å². The van der Waals surface area contributed by atoms with Crippen LogP contribution in [0, 0.1) is 0 Å². The molecule has 0 unspecified atom stereocenters. The van der Waals surface area contributed by atoms with Crippen molar-refractivity contribution in [1.82, 2.24) is 4.90 Å². The van der Waals surface area contributed by atoms with Gasteiger partial charge in [-0.3, -0.25) is 4.79 Å². The summed E-state index contributed by atoms with van der Waals surface area (Å²) in [5.74, 6) is -0.284. The molecule has 1 aliphatic heterocycles. The van der Waals surface area contributed by atoms with Gasteiger partial charge in [-0.05, 0) is 51.3 Å². The number of halogens is 1. The van der Waals surface area contributed by atoms with Crippen LogP contribution in [0.5, 0.6) is 0 Å². The summed E-state index contributed by atoms with van der Waals surface area (Å²) in [5, 5.41) is 0.616. The summed E-state index contributed by atoms with van der Waals surface area (Å²) in [6.45, 7) is 6.38. The Labute approximate surface area is 147 Å². The zero-order chi connectivity index (χ0) is 18.0. The minimum Gasteiger partial charge on any atom is -0.468 e. The molecule has 0 radical (unpaired) electrons. The number of hydrogen-bond acceptors (Lipinski definition) is 4. The van der Waals surface area contributed by atoms with Crippen molar-refractivity contribution < 1.29 is 19.1 Å². The highest BCUT2D eigenvalue weighted by atomic mass is 35.5. The molecule has 1 saturated heterocycles. The first-order valence-corrected chi connectivity index (χ1v) is 8.38. The first kappa shape index (κ1) is 18.6. The van der Waals surface area contributed by atoms with Gasteiger partial charge in [0, 0.05) is 18.1 Å². The molecule has 2 rings (SSSR count). The van der Waals surface area contributed by atoms with E-state index in [9.17, 15) is 9.59 Å². The van der Waals surface area contributed by atoms with Crippen LogP contribution in [0.15, 0.2) is 24.3 Å². The first-order valence-electron chi connectivity index (χ1n) is 8.00. The molecule has 1 amide bonds. The Morgan fingerprint density at radius 3 is 2.12 bits per heavy atom. The van der Waals surface area contributed by atoms with Gasteiger partial charge < -0.3 is 14.4 Å². The summed E-state index contributed by atoms with van der Waals surface area (Å²) >= 11 is 5.95. The maximum absolute atomic E-state index is 12.5. The molecule has 6 heteroatoms. The van der Waals surface area contributed by atoms with Gasteiger partial charge in [0.2, 0.25) is 0 Å². The molecule has 0 N–H and O–H groups in total. The Hall–Kier alpha value is -1.75. The fourth-order valence-electron chi connectivity index (χ4n) is 2.97. The van der Waals surface area contributed by atoms with Gasteiger partial charge in [-0.15, -0.1) is 0 Å². The van der Waals surface area contributed by atoms with Crippen LogP contribution in [0.3, 0.4) is 0 Å². The number of nitrogens with zero attached hydrogens (tertiary/aromatic N) is 1. The van der Waals surface area contributed by atoms with Gasteiger partial charge >= 0.3 is 12.1 Å². The van der Waals surface area contributed by atoms with Crippen LogP contribution in [0.1, 0.15) is 39.2 Å². The predicted molar refractivity (Wildman–Crippen MR) is 92.2 cm³/mol. The quantitative estimate of drug-likeness (QED) is 0.759. The molecule has 0 saturated carbocycles. The predicted octanol–water partition coefficient (Wildman–Crippen LogP) is 3.78. The summed E-state index contributed by atoms with van der Waals surface area (Å²) in [6.07, 6.45) is 0.623. The van der Waals surface area contributed by atoms with Crippen molar-refractivity contribution in [1.29, 1.82) is 0 Å². The van der Waals surface area contributed by atoms with Gasteiger partial charge in [0.15, 0.2) is 0 Å². The number of rotatable bonds is 2. The van der Waals surface area contributed by atoms with E-state index >= 15 is 0 Å². The molecular weight excluding hydrogens is 330 g/mol. The van der Waals surface area contributed by atoms with Gasteiger partial charge in [-0.1, -0.05) is 23.7 Å². The number of carbonyl (C=O) groups excluding carboxylic acids is 2. The Kier molecular flexibility index (Phi) is 5.43. The number of esters is 1. The molecule has 5 nitrogen and oxygen atoms in total. The average molecular weight is 354 g/mol. The number of benzene rings is 1. The third-order valence-corrected chi connectivity index (χ3v) is 4.49. The number of likely N-dealkylation sites (tertiary alicyclic amines) is 1. The molecule has 0 aromatic heterocycles. The van der Waals surface area contributed by atoms with E-state index < -0.39 is 11.0 Å². The van der Waals surface area contributed by atoms with Gasteiger partial charge in [-0.25, -0.2) is 4.79 Å². The van der Waals surface area contributed by atoms with Crippen LogP contribution in [-0.2, 0) is 19.7 Å². The molecule has 1 aromatic rings. The monoisotopic (exact) mass is 353 g/mol. The van der Waals surface area contributed by atoms with Crippen molar-refractivity contribution in [3.8, 4) is 0 Å². The molecule has 1 fully saturated rings. The second kappa shape index (κ2) is 7.01. The largest absolute Gasteiger partial charge is 0.468 e. The Morgan fingerprint density at radius 2 is 1.67 bits per heavy atom. The van der Waals surface area contributed by atoms with E-state index in [0.29, 0.717) is 31.0 Å². The number of ether oxygens (including phenoxy) is 2. The summed E-state index contributed by atoms with van der Waals surface area (Å²) in [6, 6.07) is 7.23. The Bertz CT molecular complexity index is 598. The zero-order valence-corrected chi connectivity index (χ0v) is 15.4. The maximum atomic E-state index is 12.5. The summed E-state index contributed by atoms with van der Waals surface area (Å²) < 4.78 is 10.5. The highest BCUT2D eigenvalue weighted by molar-refractivity contribution is 6.30. The fourth-order valence-corrected chi connectivity index (χ4v) is 3.10. The van der Waals surface area contributed by atoms with Crippen LogP contribution in [0.2, 0.25) is 5.02 Å². The topological polar surface area (TPSA) is 55.8 Å². The van der Waals surface area contributed by atoms with Crippen molar-refractivity contribution >= 4 is 23.7 Å². The normalized spacial score (nSPS) is 17.3. The molecule has 132 valence electrons. The molecule has 0 bridgehead atoms. The molecule has 0 spiro atoms. The number of piperidine rings is 1. The minimum atomic E-state index is -0.752. The second-order valence-electron chi connectivity index (χ2n) is 7.05. The lowest BCUT2D eigenvalue weighted by molar-refractivity contribution is -0.149. The molecule has 0 aliphatic carbocycles. The lowest BCUT2D eigenvalue weighted by Gasteiger charge is -2.40. The van der Waals surface area contributed by atoms with E-state index in [-0.39, 0.29) is 12.1 Å². The van der Waals surface area contributed by atoms with Gasteiger partial charge in [0.05, 0.1) is 12.5 Å². The van der Waals surface area contributed by atoms with Crippen molar-refractivity contribution in [2.75, 3.05) is 20.2 Å². The van der Waals surface area contributed by atoms with Gasteiger partial charge in [0.1, 0.15) is 5.60 Å². The average Bonchev–Trinajstić information content (AvgIpc) is 2.53. The highest BCUT2D eigenvalue weighted by Crippen LogP contribution is 2.37. The lowest BCUT2D eigenvalue weighted by Crippen LogP contribution is -2.50. The SMILES string of the molecule is COC(=O)C1(c2ccc(Cl)cc2)CCN(C(=O)OC(C)(C)C)CC1. The number of amides is 1. The van der Waals surface area contributed by atoms with E-state index in [1.54, 1.807) is 17.0 Å². The molecule has 0 atom stereocenters. The number of methoxy groups -OCH3 is 1. The van der Waals surface area contributed by atoms with E-state index in [0.717, 1.165) is 5.56 Å². The van der Waals surface area contributed by atoms with Crippen LogP contribution < -0.4 is 0 Å². The third kappa shape index (κ3) is 4.01. The van der Waals surface area contributed by atoms with Crippen LogP contribution in [0.25, 0.3) is 0 Å². The first-order chi connectivity index (χ1) is 11.2. The van der Waals surface area contributed by atoms with Gasteiger partial charge in [-0.2, -0.15) is 0 Å². The van der Waals surface area contributed by atoms with Crippen LogP contribution >= 0.6 is 11.6 Å². The number of hydrogen-bond donors (Lipinski definition) is 0. The molecule has 24 heavy (non-hydrogen) atoms. The van der Waals surface area contributed by atoms with Crippen molar-refractivity contribution in [3.05, 3.63) is 34.9 Å². The summed E-state index contributed by atoms with van der Waals surface area (Å²) in [4.78, 5) is 26.3. The maximum Gasteiger partial charge on any atom is 0.410 e. The standard InChI is InChI=1S/C18H24ClNO4/c1-17(2,3)24-16(22)20-11-9-18(10-12-20,15(21)23-4)13-5-7-14(19)8-6-13/h5-8H,9-12H2,1-4H3. The van der Waals surface area contributed by atoms with E-state index in [4.69, 9.17) is 21.1 Å².